The Hall–Kier alpha value is -2.16. The topological polar surface area (TPSA) is 64.3 Å². The van der Waals surface area contributed by atoms with E-state index < -0.39 is 11.7 Å². The second kappa shape index (κ2) is 7.38. The average molecular weight is 356 g/mol. The first-order chi connectivity index (χ1) is 11.9. The number of piperidine rings is 1. The van der Waals surface area contributed by atoms with Crippen LogP contribution in [0.2, 0.25) is 0 Å². The van der Waals surface area contributed by atoms with E-state index in [0.717, 1.165) is 25.5 Å². The second-order valence-corrected chi connectivity index (χ2v) is 6.14. The van der Waals surface area contributed by atoms with Gasteiger partial charge in [-0.1, -0.05) is 5.16 Å². The number of rotatable bonds is 5. The Kier molecular flexibility index (Phi) is 5.22. The van der Waals surface area contributed by atoms with Crippen molar-refractivity contribution < 1.29 is 22.4 Å². The van der Waals surface area contributed by atoms with E-state index in [1.807, 2.05) is 0 Å². The summed E-state index contributed by atoms with van der Waals surface area (Å²) in [7, 11) is 0. The average Bonchev–Trinajstić information content (AvgIpc) is 2.98. The largest absolute Gasteiger partial charge is 0.477 e. The molecule has 2 aromatic heterocycles. The molecule has 9 heteroatoms. The predicted molar refractivity (Wildman–Crippen MR) is 81.8 cm³/mol. The molecule has 3 rings (SSSR count). The summed E-state index contributed by atoms with van der Waals surface area (Å²) in [6.45, 7) is 4.09. The van der Waals surface area contributed by atoms with Crippen LogP contribution in [0.25, 0.3) is 0 Å². The number of nitrogens with zero attached hydrogens (tertiary/aromatic N) is 4. The highest BCUT2D eigenvalue weighted by atomic mass is 19.4. The normalized spacial score (nSPS) is 19.1. The first-order valence-electron chi connectivity index (χ1n) is 8.08. The van der Waals surface area contributed by atoms with E-state index in [0.29, 0.717) is 24.8 Å². The number of hydrogen-bond acceptors (Lipinski definition) is 6. The van der Waals surface area contributed by atoms with E-state index in [1.165, 1.54) is 12.3 Å². The van der Waals surface area contributed by atoms with Crippen LogP contribution in [0.1, 0.15) is 30.1 Å². The van der Waals surface area contributed by atoms with E-state index in [-0.39, 0.29) is 18.4 Å². The van der Waals surface area contributed by atoms with Gasteiger partial charge in [-0.05, 0) is 31.5 Å². The Morgan fingerprint density at radius 2 is 2.24 bits per heavy atom. The first kappa shape index (κ1) is 17.7. The van der Waals surface area contributed by atoms with Crippen molar-refractivity contribution in [3.63, 3.8) is 0 Å². The van der Waals surface area contributed by atoms with Crippen LogP contribution < -0.4 is 4.74 Å². The fraction of sp³-hybridized carbons (Fsp3) is 0.562. The lowest BCUT2D eigenvalue weighted by molar-refractivity contribution is -0.139. The van der Waals surface area contributed by atoms with Crippen molar-refractivity contribution >= 4 is 0 Å². The lowest BCUT2D eigenvalue weighted by Gasteiger charge is -2.31. The van der Waals surface area contributed by atoms with Gasteiger partial charge in [0.05, 0.1) is 13.2 Å². The highest BCUT2D eigenvalue weighted by molar-refractivity contribution is 5.28. The summed E-state index contributed by atoms with van der Waals surface area (Å²) in [6, 6.07) is 2.24. The monoisotopic (exact) mass is 356 g/mol. The summed E-state index contributed by atoms with van der Waals surface area (Å²) in [5.74, 6) is 0.899. The molecule has 3 heterocycles. The van der Waals surface area contributed by atoms with Gasteiger partial charge in [-0.15, -0.1) is 0 Å². The van der Waals surface area contributed by atoms with Crippen molar-refractivity contribution in [2.75, 3.05) is 19.7 Å². The number of pyridine rings is 1. The fourth-order valence-electron chi connectivity index (χ4n) is 2.95. The van der Waals surface area contributed by atoms with Crippen LogP contribution in [0.15, 0.2) is 22.9 Å². The zero-order chi connectivity index (χ0) is 17.9. The van der Waals surface area contributed by atoms with Gasteiger partial charge >= 0.3 is 6.18 Å². The molecule has 0 N–H and O–H groups in total. The molecule has 0 aliphatic carbocycles. The minimum Gasteiger partial charge on any atom is -0.477 e. The van der Waals surface area contributed by atoms with Gasteiger partial charge in [0.25, 0.3) is 0 Å². The predicted octanol–water partition coefficient (Wildman–Crippen LogP) is 3.08. The minimum atomic E-state index is -4.47. The Labute approximate surface area is 143 Å². The third-order valence-corrected chi connectivity index (χ3v) is 4.07. The molecule has 2 aromatic rings. The third-order valence-electron chi connectivity index (χ3n) is 4.07. The van der Waals surface area contributed by atoms with Gasteiger partial charge in [-0.2, -0.15) is 18.2 Å². The van der Waals surface area contributed by atoms with Crippen LogP contribution in [-0.2, 0) is 12.7 Å². The fourth-order valence-corrected chi connectivity index (χ4v) is 2.95. The van der Waals surface area contributed by atoms with E-state index >= 15 is 0 Å². The van der Waals surface area contributed by atoms with Crippen molar-refractivity contribution in [3.05, 3.63) is 35.6 Å². The van der Waals surface area contributed by atoms with Crippen LogP contribution in [0.4, 0.5) is 13.2 Å². The zero-order valence-electron chi connectivity index (χ0n) is 13.8. The molecule has 0 radical (unpaired) electrons. The van der Waals surface area contributed by atoms with Gasteiger partial charge in [0, 0.05) is 25.6 Å². The summed E-state index contributed by atoms with van der Waals surface area (Å²) >= 11 is 0. The molecule has 0 aromatic carbocycles. The van der Waals surface area contributed by atoms with E-state index in [9.17, 15) is 13.2 Å². The molecule has 0 spiro atoms. The maximum absolute atomic E-state index is 13.0. The Morgan fingerprint density at radius 3 is 2.96 bits per heavy atom. The SMILES string of the molecule is Cc1nc(CN2CCCC(COc3ncccc3C(F)(F)F)C2)no1. The number of halogens is 3. The quantitative estimate of drug-likeness (QED) is 0.820. The molecule has 6 nitrogen and oxygen atoms in total. The van der Waals surface area contributed by atoms with Crippen molar-refractivity contribution in [1.82, 2.24) is 20.0 Å². The van der Waals surface area contributed by atoms with Crippen molar-refractivity contribution in [2.45, 2.75) is 32.5 Å². The smallest absolute Gasteiger partial charge is 0.421 e. The maximum atomic E-state index is 13.0. The lowest BCUT2D eigenvalue weighted by Crippen LogP contribution is -2.37. The van der Waals surface area contributed by atoms with Crippen molar-refractivity contribution in [2.24, 2.45) is 5.92 Å². The Morgan fingerprint density at radius 1 is 1.40 bits per heavy atom. The number of hydrogen-bond donors (Lipinski definition) is 0. The number of likely N-dealkylation sites (tertiary alicyclic amines) is 1. The van der Waals surface area contributed by atoms with Crippen LogP contribution >= 0.6 is 0 Å². The highest BCUT2D eigenvalue weighted by Crippen LogP contribution is 2.35. The van der Waals surface area contributed by atoms with Crippen LogP contribution in [0.3, 0.4) is 0 Å². The van der Waals surface area contributed by atoms with E-state index in [2.05, 4.69) is 20.0 Å². The molecular formula is C16H19F3N4O2. The van der Waals surface area contributed by atoms with Crippen LogP contribution in [0.5, 0.6) is 5.88 Å². The molecule has 1 unspecified atom stereocenters. The van der Waals surface area contributed by atoms with E-state index in [4.69, 9.17) is 9.26 Å². The summed E-state index contributed by atoms with van der Waals surface area (Å²) in [5.41, 5.74) is -0.843. The Balaban J connectivity index is 1.57. The number of alkyl halides is 3. The van der Waals surface area contributed by atoms with Crippen LogP contribution in [-0.4, -0.2) is 39.7 Å². The number of aryl methyl sites for hydroxylation is 1. The van der Waals surface area contributed by atoms with Gasteiger partial charge in [0.1, 0.15) is 5.56 Å². The van der Waals surface area contributed by atoms with Gasteiger partial charge in [0.2, 0.25) is 11.8 Å². The molecule has 25 heavy (non-hydrogen) atoms. The second-order valence-electron chi connectivity index (χ2n) is 6.14. The Bertz CT molecular complexity index is 705. The maximum Gasteiger partial charge on any atom is 0.421 e. The number of aromatic nitrogens is 3. The van der Waals surface area contributed by atoms with Crippen molar-refractivity contribution in [1.29, 1.82) is 0 Å². The van der Waals surface area contributed by atoms with Crippen LogP contribution in [0, 0.1) is 12.8 Å². The molecule has 1 saturated heterocycles. The van der Waals surface area contributed by atoms with Gasteiger partial charge in [-0.3, -0.25) is 4.90 Å². The third kappa shape index (κ3) is 4.68. The summed E-state index contributed by atoms with van der Waals surface area (Å²) in [6.07, 6.45) is -1.33. The van der Waals surface area contributed by atoms with Gasteiger partial charge in [-0.25, -0.2) is 4.98 Å². The van der Waals surface area contributed by atoms with Gasteiger partial charge in [0.15, 0.2) is 5.82 Å². The summed E-state index contributed by atoms with van der Waals surface area (Å²) < 4.78 is 49.3. The molecule has 0 saturated carbocycles. The lowest BCUT2D eigenvalue weighted by atomic mass is 9.99. The standard InChI is InChI=1S/C16H19F3N4O2/c1-11-21-14(22-25-11)9-23-7-3-4-12(8-23)10-24-15-13(16(17,18)19)5-2-6-20-15/h2,5-6,12H,3-4,7-10H2,1H3. The summed E-state index contributed by atoms with van der Waals surface area (Å²) in [4.78, 5) is 10.1. The highest BCUT2D eigenvalue weighted by Gasteiger charge is 2.35. The number of ether oxygens (including phenoxy) is 1. The zero-order valence-corrected chi connectivity index (χ0v) is 13.8. The minimum absolute atomic E-state index is 0.129. The molecule has 0 amide bonds. The molecule has 0 bridgehead atoms. The molecule has 1 atom stereocenters. The molecule has 1 aliphatic heterocycles. The molecular weight excluding hydrogens is 337 g/mol. The first-order valence-corrected chi connectivity index (χ1v) is 8.08. The van der Waals surface area contributed by atoms with E-state index in [1.54, 1.807) is 6.92 Å². The molecule has 1 fully saturated rings. The molecule has 1 aliphatic rings. The molecule has 136 valence electrons. The van der Waals surface area contributed by atoms with Gasteiger partial charge < -0.3 is 9.26 Å². The van der Waals surface area contributed by atoms with Crippen molar-refractivity contribution in [3.8, 4) is 5.88 Å². The summed E-state index contributed by atoms with van der Waals surface area (Å²) in [5, 5.41) is 3.87.